The topological polar surface area (TPSA) is 58.6 Å². The molecular formula is C7H12BFO4PS-. The van der Waals surface area contributed by atoms with E-state index in [1.54, 1.807) is 0 Å². The molecule has 0 bridgehead atoms. The van der Waals surface area contributed by atoms with Crippen LogP contribution in [0.1, 0.15) is 0 Å². The zero-order chi connectivity index (χ0) is 11.6. The zero-order valence-electron chi connectivity index (χ0n) is 8.46. The Morgan fingerprint density at radius 1 is 1.67 bits per heavy atom. The van der Waals surface area contributed by atoms with Gasteiger partial charge in [0, 0.05) is 18.9 Å². The molecule has 0 N–H and O–H groups in total. The van der Waals surface area contributed by atoms with Crippen LogP contribution in [-0.4, -0.2) is 50.9 Å². The number of methoxy groups -OCH3 is 1. The highest BCUT2D eigenvalue weighted by molar-refractivity contribution is 8.02. The molecule has 8 heteroatoms. The van der Waals surface area contributed by atoms with Gasteiger partial charge in [-0.15, -0.1) is 0 Å². The van der Waals surface area contributed by atoms with Gasteiger partial charge in [0.2, 0.25) is 0 Å². The molecule has 0 saturated carbocycles. The standard InChI is InChI=1S/C7H13BFO4PS/c1-12-6-4(3-13-14(2,10)11)15-7(8)5(6)9/h4-7H,3H2,1-2H3,(H,10,11)/p-1. The van der Waals surface area contributed by atoms with Gasteiger partial charge in [-0.2, -0.15) is 11.8 Å². The summed E-state index contributed by atoms with van der Waals surface area (Å²) in [5, 5.41) is -1.08. The van der Waals surface area contributed by atoms with E-state index in [1.165, 1.54) is 7.11 Å². The predicted octanol–water partition coefficient (Wildman–Crippen LogP) is 0.149. The lowest BCUT2D eigenvalue weighted by Gasteiger charge is -2.23. The molecule has 0 spiro atoms. The van der Waals surface area contributed by atoms with Crippen molar-refractivity contribution in [3.05, 3.63) is 0 Å². The van der Waals surface area contributed by atoms with Crippen molar-refractivity contribution in [2.75, 3.05) is 20.4 Å². The summed E-state index contributed by atoms with van der Waals surface area (Å²) in [6, 6.07) is 0. The summed E-state index contributed by atoms with van der Waals surface area (Å²) < 4.78 is 33.7. The van der Waals surface area contributed by atoms with E-state index < -0.39 is 25.0 Å². The summed E-state index contributed by atoms with van der Waals surface area (Å²) in [6.45, 7) is 0.871. The fourth-order valence-electron chi connectivity index (χ4n) is 1.37. The van der Waals surface area contributed by atoms with Crippen molar-refractivity contribution < 1.29 is 23.1 Å². The van der Waals surface area contributed by atoms with E-state index in [-0.39, 0.29) is 11.9 Å². The molecule has 4 nitrogen and oxygen atoms in total. The third-order valence-corrected chi connectivity index (χ3v) is 4.02. The number of thioether (sulfide) groups is 1. The maximum atomic E-state index is 13.4. The summed E-state index contributed by atoms with van der Waals surface area (Å²) in [5.74, 6) is 0. The Hall–Kier alpha value is 0.455. The van der Waals surface area contributed by atoms with Gasteiger partial charge >= 0.3 is 0 Å². The molecule has 15 heavy (non-hydrogen) atoms. The Bertz CT molecular complexity index is 263. The molecule has 0 aromatic carbocycles. The molecule has 5 unspecified atom stereocenters. The summed E-state index contributed by atoms with van der Waals surface area (Å²) in [4.78, 5) is 10.8. The molecule has 1 fully saturated rings. The van der Waals surface area contributed by atoms with Crippen LogP contribution in [0.2, 0.25) is 0 Å². The van der Waals surface area contributed by atoms with E-state index >= 15 is 0 Å². The molecule has 1 heterocycles. The van der Waals surface area contributed by atoms with Crippen molar-refractivity contribution in [3.8, 4) is 0 Å². The maximum absolute atomic E-state index is 13.4. The zero-order valence-corrected chi connectivity index (χ0v) is 10.2. The monoisotopic (exact) mass is 253 g/mol. The molecule has 1 saturated heterocycles. The third kappa shape index (κ3) is 3.75. The molecule has 0 amide bonds. The van der Waals surface area contributed by atoms with Gasteiger partial charge in [-0.1, -0.05) is 0 Å². The number of hydrogen-bond acceptors (Lipinski definition) is 5. The van der Waals surface area contributed by atoms with Crippen LogP contribution in [0.4, 0.5) is 4.39 Å². The summed E-state index contributed by atoms with van der Waals surface area (Å²) in [5.41, 5.74) is 0. The second-order valence-corrected chi connectivity index (χ2v) is 6.57. The summed E-state index contributed by atoms with van der Waals surface area (Å²) in [7, 11) is 3.07. The van der Waals surface area contributed by atoms with Crippen LogP contribution in [0, 0.1) is 0 Å². The highest BCUT2D eigenvalue weighted by Gasteiger charge is 2.42. The molecular weight excluding hydrogens is 241 g/mol. The van der Waals surface area contributed by atoms with E-state index in [0.717, 1.165) is 18.4 Å². The highest BCUT2D eigenvalue weighted by Crippen LogP contribution is 2.39. The van der Waals surface area contributed by atoms with E-state index in [1.807, 2.05) is 0 Å². The molecule has 1 aliphatic heterocycles. The van der Waals surface area contributed by atoms with Crippen LogP contribution < -0.4 is 4.89 Å². The number of ether oxygens (including phenoxy) is 1. The first-order valence-corrected chi connectivity index (χ1v) is 7.29. The molecule has 0 aromatic rings. The Labute approximate surface area is 93.8 Å². The van der Waals surface area contributed by atoms with Crippen molar-refractivity contribution in [3.63, 3.8) is 0 Å². The quantitative estimate of drug-likeness (QED) is 0.527. The lowest BCUT2D eigenvalue weighted by atomic mass is 9.95. The van der Waals surface area contributed by atoms with Gasteiger partial charge in [0.25, 0.3) is 0 Å². The molecule has 1 aliphatic rings. The van der Waals surface area contributed by atoms with E-state index in [0.29, 0.717) is 0 Å². The van der Waals surface area contributed by atoms with Crippen LogP contribution in [0.15, 0.2) is 0 Å². The highest BCUT2D eigenvalue weighted by atomic mass is 32.2. The Kier molecular flexibility index (Phi) is 4.68. The average Bonchev–Trinajstić information content (AvgIpc) is 2.38. The van der Waals surface area contributed by atoms with Gasteiger partial charge in [0.05, 0.1) is 19.7 Å². The molecule has 0 aromatic heterocycles. The lowest BCUT2D eigenvalue weighted by molar-refractivity contribution is -0.196. The van der Waals surface area contributed by atoms with E-state index in [4.69, 9.17) is 12.6 Å². The number of alkyl halides is 1. The molecule has 86 valence electrons. The van der Waals surface area contributed by atoms with Crippen molar-refractivity contribution in [2.24, 2.45) is 0 Å². The molecule has 1 rings (SSSR count). The van der Waals surface area contributed by atoms with Crippen molar-refractivity contribution in [1.29, 1.82) is 0 Å². The minimum Gasteiger partial charge on any atom is -0.779 e. The number of halogens is 1. The van der Waals surface area contributed by atoms with Crippen LogP contribution >= 0.6 is 19.4 Å². The van der Waals surface area contributed by atoms with Crippen LogP contribution in [0.3, 0.4) is 0 Å². The first kappa shape index (κ1) is 13.5. The van der Waals surface area contributed by atoms with Gasteiger partial charge in [-0.05, 0) is 0 Å². The first-order valence-electron chi connectivity index (χ1n) is 4.36. The van der Waals surface area contributed by atoms with Crippen LogP contribution in [-0.2, 0) is 13.8 Å². The third-order valence-electron chi connectivity index (χ3n) is 2.07. The number of hydrogen-bond donors (Lipinski definition) is 0. The van der Waals surface area contributed by atoms with Crippen LogP contribution in [0.5, 0.6) is 0 Å². The predicted molar refractivity (Wildman–Crippen MR) is 56.1 cm³/mol. The van der Waals surface area contributed by atoms with Crippen molar-refractivity contribution >= 4 is 27.2 Å². The molecule has 0 aliphatic carbocycles. The first-order chi connectivity index (χ1) is 6.85. The summed E-state index contributed by atoms with van der Waals surface area (Å²) >= 11 is 1.14. The minimum atomic E-state index is -3.78. The Balaban J connectivity index is 2.52. The van der Waals surface area contributed by atoms with Crippen LogP contribution in [0.25, 0.3) is 0 Å². The van der Waals surface area contributed by atoms with Crippen molar-refractivity contribution in [2.45, 2.75) is 22.7 Å². The van der Waals surface area contributed by atoms with Crippen molar-refractivity contribution in [1.82, 2.24) is 0 Å². The Morgan fingerprint density at radius 2 is 2.27 bits per heavy atom. The second-order valence-electron chi connectivity index (χ2n) is 3.35. The SMILES string of the molecule is [B]C1SC(COP(C)(=O)[O-])C(OC)C1F. The Morgan fingerprint density at radius 3 is 2.73 bits per heavy atom. The smallest absolute Gasteiger partial charge is 0.131 e. The fraction of sp³-hybridized carbons (Fsp3) is 1.00. The largest absolute Gasteiger partial charge is 0.779 e. The van der Waals surface area contributed by atoms with Gasteiger partial charge < -0.3 is 18.7 Å². The van der Waals surface area contributed by atoms with Gasteiger partial charge in [0.1, 0.15) is 19.9 Å². The minimum absolute atomic E-state index is 0.103. The normalized spacial score (nSPS) is 40.3. The maximum Gasteiger partial charge on any atom is 0.131 e. The fourth-order valence-corrected chi connectivity index (χ4v) is 3.17. The average molecular weight is 253 g/mol. The number of rotatable bonds is 4. The van der Waals surface area contributed by atoms with E-state index in [9.17, 15) is 13.8 Å². The van der Waals surface area contributed by atoms with Gasteiger partial charge in [-0.3, -0.25) is 0 Å². The lowest BCUT2D eigenvalue weighted by Crippen LogP contribution is -2.33. The second kappa shape index (κ2) is 5.19. The van der Waals surface area contributed by atoms with E-state index in [2.05, 4.69) is 4.52 Å². The van der Waals surface area contributed by atoms with Gasteiger partial charge in [0.15, 0.2) is 0 Å². The molecule has 2 radical (unpaired) electrons. The summed E-state index contributed by atoms with van der Waals surface area (Å²) in [6.07, 6.45) is -2.01. The van der Waals surface area contributed by atoms with Gasteiger partial charge in [-0.25, -0.2) is 4.39 Å². The molecule has 5 atom stereocenters.